The lowest BCUT2D eigenvalue weighted by Gasteiger charge is -2.41. The number of unbranched alkanes of at least 4 members (excludes halogenated alkanes) is 1. The number of hydrogen-bond acceptors (Lipinski definition) is 2. The van der Waals surface area contributed by atoms with E-state index in [4.69, 9.17) is 0 Å². The van der Waals surface area contributed by atoms with Gasteiger partial charge in [-0.25, -0.2) is 0 Å². The molecule has 15 heavy (non-hydrogen) atoms. The minimum Gasteiger partial charge on any atom is -0.351 e. The quantitative estimate of drug-likeness (QED) is 0.770. The number of nitrogens with one attached hydrogen (secondary N) is 1. The lowest BCUT2D eigenvalue weighted by molar-refractivity contribution is -0.121. The number of nitrogens with zero attached hydrogens (tertiary/aromatic N) is 1. The minimum atomic E-state index is 0.0916. The Morgan fingerprint density at radius 3 is 2.47 bits per heavy atom. The van der Waals surface area contributed by atoms with E-state index >= 15 is 0 Å². The number of carbonyl (C=O) groups is 1. The Labute approximate surface area is 93.2 Å². The molecule has 0 bridgehead atoms. The van der Waals surface area contributed by atoms with Gasteiger partial charge in [0.2, 0.25) is 5.91 Å². The van der Waals surface area contributed by atoms with Crippen LogP contribution in [-0.4, -0.2) is 36.5 Å². The third kappa shape index (κ3) is 3.82. The summed E-state index contributed by atoms with van der Waals surface area (Å²) in [5, 5.41) is 3.18. The molecular formula is C12H24N2O. The molecule has 1 saturated heterocycles. The van der Waals surface area contributed by atoms with Crippen molar-refractivity contribution in [3.63, 3.8) is 0 Å². The Balaban J connectivity index is 2.55. The van der Waals surface area contributed by atoms with E-state index < -0.39 is 0 Å². The average molecular weight is 212 g/mol. The molecule has 1 aliphatic heterocycles. The van der Waals surface area contributed by atoms with Crippen LogP contribution in [0.25, 0.3) is 0 Å². The smallest absolute Gasteiger partial charge is 0.217 e. The van der Waals surface area contributed by atoms with Crippen LogP contribution >= 0.6 is 0 Å². The summed E-state index contributed by atoms with van der Waals surface area (Å²) < 4.78 is 0. The van der Waals surface area contributed by atoms with Crippen molar-refractivity contribution < 1.29 is 4.79 Å². The van der Waals surface area contributed by atoms with Crippen LogP contribution in [0.4, 0.5) is 0 Å². The monoisotopic (exact) mass is 212 g/mol. The summed E-state index contributed by atoms with van der Waals surface area (Å²) >= 11 is 0. The van der Waals surface area contributed by atoms with Gasteiger partial charge in [-0.15, -0.1) is 0 Å². The zero-order valence-electron chi connectivity index (χ0n) is 10.3. The van der Waals surface area contributed by atoms with E-state index in [1.807, 2.05) is 0 Å². The molecule has 1 amide bonds. The van der Waals surface area contributed by atoms with Crippen molar-refractivity contribution in [3.8, 4) is 0 Å². The van der Waals surface area contributed by atoms with Gasteiger partial charge in [0.25, 0.3) is 0 Å². The lowest BCUT2D eigenvalue weighted by Crippen LogP contribution is -2.54. The van der Waals surface area contributed by atoms with Crippen LogP contribution in [-0.2, 0) is 4.79 Å². The second kappa shape index (κ2) is 5.50. The fourth-order valence-electron chi connectivity index (χ4n) is 2.37. The van der Waals surface area contributed by atoms with Crippen molar-refractivity contribution in [1.29, 1.82) is 0 Å². The van der Waals surface area contributed by atoms with Crippen molar-refractivity contribution in [2.24, 2.45) is 0 Å². The molecule has 0 radical (unpaired) electrons. The standard InChI is InChI=1S/C12H24N2O/c1-4-5-6-12(13-11(2)15)7-9-14(3)10-8-12/h4-10H2,1-3H3,(H,13,15). The molecule has 3 heteroatoms. The van der Waals surface area contributed by atoms with Crippen molar-refractivity contribution in [3.05, 3.63) is 0 Å². The van der Waals surface area contributed by atoms with Gasteiger partial charge in [-0.05, 0) is 26.3 Å². The highest BCUT2D eigenvalue weighted by Crippen LogP contribution is 2.27. The highest BCUT2D eigenvalue weighted by molar-refractivity contribution is 5.73. The molecule has 1 N–H and O–H groups in total. The first-order valence-electron chi connectivity index (χ1n) is 6.05. The van der Waals surface area contributed by atoms with E-state index in [1.54, 1.807) is 6.92 Å². The molecular weight excluding hydrogens is 188 g/mol. The molecule has 88 valence electrons. The fraction of sp³-hybridized carbons (Fsp3) is 0.917. The molecule has 0 aromatic rings. The first kappa shape index (κ1) is 12.5. The second-order valence-electron chi connectivity index (χ2n) is 4.87. The Morgan fingerprint density at radius 2 is 2.00 bits per heavy atom. The van der Waals surface area contributed by atoms with Crippen LogP contribution in [0.15, 0.2) is 0 Å². The predicted molar refractivity (Wildman–Crippen MR) is 62.8 cm³/mol. The number of rotatable bonds is 4. The summed E-state index contributed by atoms with van der Waals surface area (Å²) in [4.78, 5) is 13.6. The van der Waals surface area contributed by atoms with Gasteiger partial charge in [0, 0.05) is 25.6 Å². The molecule has 1 fully saturated rings. The van der Waals surface area contributed by atoms with Crippen LogP contribution in [0.1, 0.15) is 46.0 Å². The summed E-state index contributed by atoms with van der Waals surface area (Å²) in [5.41, 5.74) is 0.0916. The van der Waals surface area contributed by atoms with Crippen LogP contribution in [0.2, 0.25) is 0 Å². The molecule has 0 atom stereocenters. The molecule has 1 heterocycles. The number of piperidine rings is 1. The van der Waals surface area contributed by atoms with Gasteiger partial charge in [0.15, 0.2) is 0 Å². The zero-order chi connectivity index (χ0) is 11.3. The van der Waals surface area contributed by atoms with E-state index in [-0.39, 0.29) is 11.4 Å². The Kier molecular flexibility index (Phi) is 4.58. The molecule has 0 saturated carbocycles. The SMILES string of the molecule is CCCCC1(NC(C)=O)CCN(C)CC1. The fourth-order valence-corrected chi connectivity index (χ4v) is 2.37. The van der Waals surface area contributed by atoms with Crippen molar-refractivity contribution >= 4 is 5.91 Å². The van der Waals surface area contributed by atoms with Gasteiger partial charge in [-0.1, -0.05) is 19.8 Å². The molecule has 1 rings (SSSR count). The van der Waals surface area contributed by atoms with Crippen molar-refractivity contribution in [2.45, 2.75) is 51.5 Å². The van der Waals surface area contributed by atoms with E-state index in [1.165, 1.54) is 12.8 Å². The molecule has 0 unspecified atom stereocenters. The van der Waals surface area contributed by atoms with Gasteiger partial charge in [-0.3, -0.25) is 4.79 Å². The third-order valence-electron chi connectivity index (χ3n) is 3.39. The molecule has 1 aliphatic rings. The highest BCUT2D eigenvalue weighted by Gasteiger charge is 2.33. The molecule has 3 nitrogen and oxygen atoms in total. The number of amides is 1. The van der Waals surface area contributed by atoms with E-state index in [2.05, 4.69) is 24.2 Å². The minimum absolute atomic E-state index is 0.0916. The van der Waals surface area contributed by atoms with Crippen molar-refractivity contribution in [2.75, 3.05) is 20.1 Å². The number of carbonyl (C=O) groups excluding carboxylic acids is 1. The average Bonchev–Trinajstić information content (AvgIpc) is 2.19. The normalized spacial score (nSPS) is 21.3. The zero-order valence-corrected chi connectivity index (χ0v) is 10.3. The maximum absolute atomic E-state index is 11.2. The topological polar surface area (TPSA) is 32.3 Å². The summed E-state index contributed by atoms with van der Waals surface area (Å²) in [6, 6.07) is 0. The van der Waals surface area contributed by atoms with Crippen LogP contribution < -0.4 is 5.32 Å². The van der Waals surface area contributed by atoms with E-state index in [0.717, 1.165) is 32.4 Å². The first-order chi connectivity index (χ1) is 7.08. The Morgan fingerprint density at radius 1 is 1.40 bits per heavy atom. The van der Waals surface area contributed by atoms with E-state index in [9.17, 15) is 4.79 Å². The number of likely N-dealkylation sites (tertiary alicyclic amines) is 1. The van der Waals surface area contributed by atoms with E-state index in [0.29, 0.717) is 0 Å². The van der Waals surface area contributed by atoms with Gasteiger partial charge in [0.1, 0.15) is 0 Å². The van der Waals surface area contributed by atoms with Crippen LogP contribution in [0.5, 0.6) is 0 Å². The number of hydrogen-bond donors (Lipinski definition) is 1. The largest absolute Gasteiger partial charge is 0.351 e. The highest BCUT2D eigenvalue weighted by atomic mass is 16.1. The second-order valence-corrected chi connectivity index (χ2v) is 4.87. The third-order valence-corrected chi connectivity index (χ3v) is 3.39. The maximum Gasteiger partial charge on any atom is 0.217 e. The summed E-state index contributed by atoms with van der Waals surface area (Å²) in [5.74, 6) is 0.121. The lowest BCUT2D eigenvalue weighted by atomic mass is 9.83. The summed E-state index contributed by atoms with van der Waals surface area (Å²) in [6.45, 7) is 6.04. The van der Waals surface area contributed by atoms with Gasteiger partial charge >= 0.3 is 0 Å². The Hall–Kier alpha value is -0.570. The van der Waals surface area contributed by atoms with Crippen molar-refractivity contribution in [1.82, 2.24) is 10.2 Å². The van der Waals surface area contributed by atoms with Gasteiger partial charge in [0.05, 0.1) is 0 Å². The Bertz CT molecular complexity index is 202. The van der Waals surface area contributed by atoms with Gasteiger partial charge < -0.3 is 10.2 Å². The molecule has 0 aliphatic carbocycles. The molecule has 0 aromatic carbocycles. The van der Waals surface area contributed by atoms with Crippen LogP contribution in [0, 0.1) is 0 Å². The molecule has 0 aromatic heterocycles. The summed E-state index contributed by atoms with van der Waals surface area (Å²) in [7, 11) is 2.15. The van der Waals surface area contributed by atoms with Crippen LogP contribution in [0.3, 0.4) is 0 Å². The maximum atomic E-state index is 11.2. The summed E-state index contributed by atoms with van der Waals surface area (Å²) in [6.07, 6.45) is 5.75. The molecule has 0 spiro atoms. The predicted octanol–water partition coefficient (Wildman–Crippen LogP) is 1.78. The first-order valence-corrected chi connectivity index (χ1v) is 6.05. The van der Waals surface area contributed by atoms with Gasteiger partial charge in [-0.2, -0.15) is 0 Å².